The van der Waals surface area contributed by atoms with Crippen LogP contribution in [0.15, 0.2) is 18.2 Å². The standard InChI is InChI=1S/C22H23FN4O5.C11H20N2O5.C8H14N2O4.C6H12N2O3.C3H7BrO.C3H6N2O2/c1-11-17(9-15-14-8-13(23)4-5-16(14)25-20(15)28)24-12(2)19(11)21(29)26-18-10-32-27(22(18)30)6-7-31-3;1-11(2,3)18-10(15)12-8-7-17-13(9(8)14)5-6-16-4;1-8(2,3)14-7(12)9-5-4-13-10-6(5)11;1-10-3-2-8-6(9)5(7)4-11-8;1-5-3-2-4;4-2-1-7-5-3(2)6/h4-5,8-9,18,24H,6-7,10H2,1-3H3,(H,25,28)(H,26,29);8H,5-7H2,1-4H3,(H,12,15);5H,4H2,1-3H3,(H,9,12)(H,10,11);5H,2-4,7H2,1H3;2-3H2,1H3;2H,1,4H2,(H,5,6)/b15-9-;;;;;/t18-;8-;2*5-;;2-/m0000.0/s1. The van der Waals surface area contributed by atoms with Gasteiger partial charge in [-0.3, -0.25) is 57.7 Å². The van der Waals surface area contributed by atoms with E-state index >= 15 is 0 Å². The number of rotatable bonds is 16. The number of carbonyl (C=O) groups excluding carboxylic acids is 9. The summed E-state index contributed by atoms with van der Waals surface area (Å²) >= 11 is 3.18. The number of H-pyrrole nitrogens is 1. The SMILES string of the molecule is CC(C)(C)OC(=O)N[C@H]1CONC1=O.COCCBr.COCCN1OC[C@H](N)C1=O.COCCN1OC[C@H](NC(=O)OC(C)(C)C)C1=O.COCCN1OC[C@H](NC(=O)c2c(C)[nH]c(/C=C3\C(=O)Nc4ccc(F)cc43)c2C)C1=O.N[C@H]1CONC1=O. The van der Waals surface area contributed by atoms with Gasteiger partial charge in [-0.05, 0) is 85.2 Å². The lowest BCUT2D eigenvalue weighted by Crippen LogP contribution is -2.45. The molecular formula is C53H82BrFN12O20. The van der Waals surface area contributed by atoms with Gasteiger partial charge in [0.2, 0.25) is 0 Å². The Morgan fingerprint density at radius 3 is 1.56 bits per heavy atom. The first-order valence-corrected chi connectivity index (χ1v) is 28.1. The van der Waals surface area contributed by atoms with Crippen LogP contribution in [0.3, 0.4) is 0 Å². The van der Waals surface area contributed by atoms with Crippen molar-refractivity contribution in [3.8, 4) is 0 Å². The number of fused-ring (bicyclic) bond motifs is 1. The maximum Gasteiger partial charge on any atom is 0.408 e. The monoisotopic (exact) mass is 1300 g/mol. The third kappa shape index (κ3) is 25.0. The Hall–Kier alpha value is -6.96. The number of hydrogen-bond donors (Lipinski definition) is 9. The van der Waals surface area contributed by atoms with Crippen LogP contribution < -0.4 is 43.7 Å². The van der Waals surface area contributed by atoms with Crippen LogP contribution in [0, 0.1) is 19.7 Å². The molecule has 34 heteroatoms. The Morgan fingerprint density at radius 2 is 1.15 bits per heavy atom. The van der Waals surface area contributed by atoms with Gasteiger partial charge in [-0.25, -0.2) is 40.1 Å². The quantitative estimate of drug-likeness (QED) is 0.0798. The second-order valence-electron chi connectivity index (χ2n) is 20.9. The maximum atomic E-state index is 13.7. The molecule has 0 bridgehead atoms. The molecule has 5 saturated heterocycles. The van der Waals surface area contributed by atoms with E-state index in [0.29, 0.717) is 78.9 Å². The molecule has 32 nitrogen and oxygen atoms in total. The van der Waals surface area contributed by atoms with Gasteiger partial charge in [-0.2, -0.15) is 0 Å². The summed E-state index contributed by atoms with van der Waals surface area (Å²) in [4.78, 5) is 132. The Bertz CT molecular complexity index is 2690. The van der Waals surface area contributed by atoms with Crippen LogP contribution in [0.5, 0.6) is 0 Å². The number of aromatic amines is 1. The largest absolute Gasteiger partial charge is 0.444 e. The molecule has 87 heavy (non-hydrogen) atoms. The molecule has 5 atom stereocenters. The molecule has 1 aromatic heterocycles. The van der Waals surface area contributed by atoms with Crippen LogP contribution >= 0.6 is 15.9 Å². The van der Waals surface area contributed by atoms with Gasteiger partial charge in [-0.1, -0.05) is 15.9 Å². The average molecular weight is 1310 g/mol. The molecule has 11 N–H and O–H groups in total. The molecule has 0 unspecified atom stereocenters. The summed E-state index contributed by atoms with van der Waals surface area (Å²) in [6.07, 6.45) is 0.344. The maximum absolute atomic E-state index is 13.7. The summed E-state index contributed by atoms with van der Waals surface area (Å²) in [6.45, 7) is 17.8. The fraction of sp³-hybridized carbons (Fsp3) is 0.604. The van der Waals surface area contributed by atoms with Gasteiger partial charge in [0.25, 0.3) is 41.4 Å². The number of aromatic nitrogens is 1. The van der Waals surface area contributed by atoms with Gasteiger partial charge in [0.05, 0.1) is 70.4 Å². The second-order valence-corrected chi connectivity index (χ2v) is 21.7. The second kappa shape index (κ2) is 36.4. The lowest BCUT2D eigenvalue weighted by molar-refractivity contribution is -0.164. The fourth-order valence-corrected chi connectivity index (χ4v) is 7.73. The van der Waals surface area contributed by atoms with Crippen molar-refractivity contribution in [3.05, 3.63) is 52.1 Å². The molecule has 0 spiro atoms. The molecule has 6 aliphatic rings. The predicted octanol–water partition coefficient (Wildman–Crippen LogP) is 0.160. The van der Waals surface area contributed by atoms with E-state index in [1.165, 1.54) is 47.6 Å². The number of halogens is 2. The van der Waals surface area contributed by atoms with Crippen molar-refractivity contribution < 1.29 is 100 Å². The van der Waals surface area contributed by atoms with Gasteiger partial charge < -0.3 is 66.1 Å². The first kappa shape index (κ1) is 74.3. The molecule has 2 aromatic rings. The third-order valence-electron chi connectivity index (χ3n) is 11.6. The smallest absolute Gasteiger partial charge is 0.408 e. The summed E-state index contributed by atoms with van der Waals surface area (Å²) < 4.78 is 42.9. The number of alkyl halides is 1. The van der Waals surface area contributed by atoms with Crippen molar-refractivity contribution in [3.63, 3.8) is 0 Å². The van der Waals surface area contributed by atoms with E-state index in [4.69, 9.17) is 49.7 Å². The summed E-state index contributed by atoms with van der Waals surface area (Å²) in [6, 6.07) is 0.961. The number of alkyl carbamates (subject to hydrolysis) is 2. The van der Waals surface area contributed by atoms with Gasteiger partial charge in [0.15, 0.2) is 0 Å². The van der Waals surface area contributed by atoms with Gasteiger partial charge in [0.1, 0.15) is 67.0 Å². The Morgan fingerprint density at radius 1 is 0.667 bits per heavy atom. The highest BCUT2D eigenvalue weighted by Crippen LogP contribution is 2.34. The zero-order chi connectivity index (χ0) is 65.2. The number of anilines is 1. The lowest BCUT2D eigenvalue weighted by atomic mass is 10.0. The number of amides is 9. The number of nitrogens with zero attached hydrogens (tertiary/aromatic N) is 3. The molecule has 5 fully saturated rings. The molecule has 0 saturated carbocycles. The Labute approximate surface area is 510 Å². The van der Waals surface area contributed by atoms with Gasteiger partial charge in [0, 0.05) is 56.4 Å². The zero-order valence-corrected chi connectivity index (χ0v) is 52.4. The van der Waals surface area contributed by atoms with E-state index in [1.54, 1.807) is 75.7 Å². The normalized spacial score (nSPS) is 20.7. The number of hydroxylamine groups is 8. The van der Waals surface area contributed by atoms with E-state index in [0.717, 1.165) is 11.9 Å². The highest BCUT2D eigenvalue weighted by Gasteiger charge is 2.37. The van der Waals surface area contributed by atoms with Crippen molar-refractivity contribution in [2.24, 2.45) is 11.5 Å². The molecule has 7 heterocycles. The van der Waals surface area contributed by atoms with Gasteiger partial charge in [-0.15, -0.1) is 0 Å². The molecule has 488 valence electrons. The first-order valence-electron chi connectivity index (χ1n) is 27.0. The van der Waals surface area contributed by atoms with Crippen LogP contribution in [0.25, 0.3) is 11.6 Å². The highest BCUT2D eigenvalue weighted by atomic mass is 79.9. The third-order valence-corrected chi connectivity index (χ3v) is 11.9. The fourth-order valence-electron chi connectivity index (χ4n) is 7.41. The molecule has 9 amide bonds. The van der Waals surface area contributed by atoms with E-state index in [-0.39, 0.29) is 68.4 Å². The summed E-state index contributed by atoms with van der Waals surface area (Å²) in [5, 5.41) is 14.8. The summed E-state index contributed by atoms with van der Waals surface area (Å²) in [7, 11) is 6.31. The number of carbonyl (C=O) groups is 9. The molecule has 0 radical (unpaired) electrons. The minimum Gasteiger partial charge on any atom is -0.444 e. The number of ether oxygens (including phenoxy) is 6. The molecule has 1 aromatic carbocycles. The summed E-state index contributed by atoms with van der Waals surface area (Å²) in [5.41, 5.74) is 17.0. The van der Waals surface area contributed by atoms with Crippen LogP contribution in [-0.4, -0.2) is 228 Å². The van der Waals surface area contributed by atoms with E-state index in [1.807, 2.05) is 0 Å². The zero-order valence-electron chi connectivity index (χ0n) is 50.8. The van der Waals surface area contributed by atoms with Crippen LogP contribution in [0.2, 0.25) is 0 Å². The van der Waals surface area contributed by atoms with E-state index < -0.39 is 65.3 Å². The van der Waals surface area contributed by atoms with E-state index in [2.05, 4.69) is 67.6 Å². The minimum atomic E-state index is -0.801. The van der Waals surface area contributed by atoms with Gasteiger partial charge >= 0.3 is 12.2 Å². The topological polar surface area (TPSA) is 405 Å². The number of methoxy groups -OCH3 is 4. The van der Waals surface area contributed by atoms with Crippen molar-refractivity contribution in [2.75, 3.05) is 118 Å². The number of benzene rings is 1. The van der Waals surface area contributed by atoms with Crippen molar-refractivity contribution in [2.45, 2.75) is 96.8 Å². The van der Waals surface area contributed by atoms with Crippen LogP contribution in [0.4, 0.5) is 19.7 Å². The first-order chi connectivity index (χ1) is 41.0. The number of aryl methyl sites for hydroxylation is 1. The van der Waals surface area contributed by atoms with Crippen molar-refractivity contribution in [1.82, 2.24) is 47.1 Å². The van der Waals surface area contributed by atoms with Crippen molar-refractivity contribution >= 4 is 86.8 Å². The molecule has 8 rings (SSSR count). The van der Waals surface area contributed by atoms with Crippen molar-refractivity contribution in [1.29, 1.82) is 0 Å². The van der Waals surface area contributed by atoms with E-state index in [9.17, 15) is 47.5 Å². The predicted molar refractivity (Wildman–Crippen MR) is 309 cm³/mol. The molecule has 6 aliphatic heterocycles. The molecular weight excluding hydrogens is 1220 g/mol. The Kier molecular flexibility index (Phi) is 31.1. The number of hydrogen-bond acceptors (Lipinski definition) is 22. The average Bonchev–Trinajstić information content (AvgIpc) is 1.85. The number of nitrogens with one attached hydrogen (secondary N) is 7. The van der Waals surface area contributed by atoms with Crippen LogP contribution in [0.1, 0.15) is 74.4 Å². The highest BCUT2D eigenvalue weighted by molar-refractivity contribution is 9.09. The Balaban J connectivity index is 0.000000305. The lowest BCUT2D eigenvalue weighted by Gasteiger charge is -2.20. The van der Waals surface area contributed by atoms with Crippen LogP contribution in [-0.2, 0) is 81.4 Å². The number of nitrogens with two attached hydrogens (primary N) is 2. The molecule has 0 aliphatic carbocycles. The summed E-state index contributed by atoms with van der Waals surface area (Å²) in [5.74, 6) is -2.64. The minimum absolute atomic E-state index is 0.0379.